The van der Waals surface area contributed by atoms with E-state index < -0.39 is 0 Å². The molecule has 1 fully saturated rings. The summed E-state index contributed by atoms with van der Waals surface area (Å²) in [7, 11) is 0. The van der Waals surface area contributed by atoms with E-state index in [1.54, 1.807) is 0 Å². The number of hydrogen-bond acceptors (Lipinski definition) is 1. The summed E-state index contributed by atoms with van der Waals surface area (Å²) in [6.07, 6.45) is 2.75. The Labute approximate surface area is 98.3 Å². The first-order chi connectivity index (χ1) is 7.60. The van der Waals surface area contributed by atoms with Gasteiger partial charge in [0, 0.05) is 11.7 Å². The molecular formula is C15H21N. The molecule has 0 spiro atoms. The highest BCUT2D eigenvalue weighted by atomic mass is 15.0. The van der Waals surface area contributed by atoms with Gasteiger partial charge in [-0.05, 0) is 41.7 Å². The largest absolute Gasteiger partial charge is 0.381 e. The van der Waals surface area contributed by atoms with Crippen molar-refractivity contribution >= 4 is 5.69 Å². The summed E-state index contributed by atoms with van der Waals surface area (Å²) in [5.74, 6) is 1.62. The van der Waals surface area contributed by atoms with Crippen LogP contribution in [0.2, 0.25) is 0 Å². The van der Waals surface area contributed by atoms with Crippen LogP contribution >= 0.6 is 0 Å². The Morgan fingerprint density at radius 2 is 1.94 bits per heavy atom. The lowest BCUT2D eigenvalue weighted by atomic mass is 9.67. The topological polar surface area (TPSA) is 12.0 Å². The third-order valence-corrected chi connectivity index (χ3v) is 4.85. The first-order valence-electron chi connectivity index (χ1n) is 6.47. The maximum absolute atomic E-state index is 3.76. The first kappa shape index (κ1) is 10.2. The Bertz CT molecular complexity index is 408. The van der Waals surface area contributed by atoms with Gasteiger partial charge in [-0.15, -0.1) is 0 Å². The summed E-state index contributed by atoms with van der Waals surface area (Å²) < 4.78 is 0. The standard InChI is InChI=1S/C15H21N/c1-10-8-9-12-14(10)16-13-7-5-4-6-11(13)15(12,2)3/h4-7,10,12,14,16H,8-9H2,1-3H3/t10-,12+,14+/m0/s1. The van der Waals surface area contributed by atoms with Gasteiger partial charge in [0.25, 0.3) is 0 Å². The summed E-state index contributed by atoms with van der Waals surface area (Å²) in [5.41, 5.74) is 3.20. The third kappa shape index (κ3) is 1.24. The molecule has 0 bridgehead atoms. The fourth-order valence-corrected chi connectivity index (χ4v) is 3.80. The van der Waals surface area contributed by atoms with E-state index in [9.17, 15) is 0 Å². The van der Waals surface area contributed by atoms with Crippen molar-refractivity contribution in [1.82, 2.24) is 0 Å². The Morgan fingerprint density at radius 1 is 1.19 bits per heavy atom. The van der Waals surface area contributed by atoms with E-state index in [2.05, 4.69) is 50.4 Å². The Balaban J connectivity index is 2.11. The molecule has 86 valence electrons. The maximum Gasteiger partial charge on any atom is 0.0380 e. The molecule has 1 nitrogen and oxygen atoms in total. The highest BCUT2D eigenvalue weighted by molar-refractivity contribution is 5.58. The van der Waals surface area contributed by atoms with Crippen molar-refractivity contribution in [2.24, 2.45) is 11.8 Å². The van der Waals surface area contributed by atoms with Gasteiger partial charge in [-0.1, -0.05) is 39.0 Å². The molecule has 0 unspecified atom stereocenters. The van der Waals surface area contributed by atoms with Crippen molar-refractivity contribution in [2.45, 2.75) is 45.1 Å². The van der Waals surface area contributed by atoms with Gasteiger partial charge in [0.15, 0.2) is 0 Å². The van der Waals surface area contributed by atoms with Gasteiger partial charge in [0.2, 0.25) is 0 Å². The Kier molecular flexibility index (Phi) is 2.07. The predicted octanol–water partition coefficient (Wildman–Crippen LogP) is 3.80. The summed E-state index contributed by atoms with van der Waals surface area (Å²) in [6, 6.07) is 9.52. The summed E-state index contributed by atoms with van der Waals surface area (Å²) >= 11 is 0. The van der Waals surface area contributed by atoms with E-state index in [0.717, 1.165) is 11.8 Å². The SMILES string of the molecule is C[C@H]1CC[C@@H]2[C@@H]1Nc1ccccc1C2(C)C. The van der Waals surface area contributed by atoms with Gasteiger partial charge in [-0.3, -0.25) is 0 Å². The van der Waals surface area contributed by atoms with E-state index in [1.807, 2.05) is 0 Å². The van der Waals surface area contributed by atoms with Crippen molar-refractivity contribution in [3.05, 3.63) is 29.8 Å². The van der Waals surface area contributed by atoms with Crippen LogP contribution in [-0.2, 0) is 5.41 Å². The average Bonchev–Trinajstić information content (AvgIpc) is 2.62. The fourth-order valence-electron chi connectivity index (χ4n) is 3.80. The predicted molar refractivity (Wildman–Crippen MR) is 68.8 cm³/mol. The molecule has 0 radical (unpaired) electrons. The highest BCUT2D eigenvalue weighted by Crippen LogP contribution is 2.50. The monoisotopic (exact) mass is 215 g/mol. The molecule has 1 aliphatic heterocycles. The summed E-state index contributed by atoms with van der Waals surface area (Å²) in [5, 5.41) is 3.76. The molecule has 0 amide bonds. The van der Waals surface area contributed by atoms with Gasteiger partial charge >= 0.3 is 0 Å². The van der Waals surface area contributed by atoms with E-state index in [4.69, 9.17) is 0 Å². The summed E-state index contributed by atoms with van der Waals surface area (Å²) in [6.45, 7) is 7.23. The quantitative estimate of drug-likeness (QED) is 0.694. The minimum atomic E-state index is 0.331. The minimum Gasteiger partial charge on any atom is -0.381 e. The third-order valence-electron chi connectivity index (χ3n) is 4.85. The van der Waals surface area contributed by atoms with Crippen LogP contribution in [0.15, 0.2) is 24.3 Å². The van der Waals surface area contributed by atoms with Crippen LogP contribution in [0.25, 0.3) is 0 Å². The van der Waals surface area contributed by atoms with Gasteiger partial charge < -0.3 is 5.32 Å². The van der Waals surface area contributed by atoms with Crippen molar-refractivity contribution in [1.29, 1.82) is 0 Å². The highest BCUT2D eigenvalue weighted by Gasteiger charge is 2.47. The molecule has 0 saturated heterocycles. The molecule has 1 aliphatic carbocycles. The molecule has 3 atom stereocenters. The second kappa shape index (κ2) is 3.26. The number of fused-ring (bicyclic) bond motifs is 2. The lowest BCUT2D eigenvalue weighted by Crippen LogP contribution is -2.44. The molecule has 1 N–H and O–H groups in total. The number of para-hydroxylation sites is 1. The first-order valence-corrected chi connectivity index (χ1v) is 6.47. The molecule has 2 aliphatic rings. The van der Waals surface area contributed by atoms with Gasteiger partial charge in [-0.2, -0.15) is 0 Å². The lowest BCUT2D eigenvalue weighted by molar-refractivity contribution is 0.282. The van der Waals surface area contributed by atoms with E-state index in [-0.39, 0.29) is 0 Å². The maximum atomic E-state index is 3.76. The van der Waals surface area contributed by atoms with Gasteiger partial charge in [0.05, 0.1) is 0 Å². The van der Waals surface area contributed by atoms with Crippen LogP contribution < -0.4 is 5.32 Å². The molecule has 1 heterocycles. The van der Waals surface area contributed by atoms with Crippen LogP contribution in [0.4, 0.5) is 5.69 Å². The average molecular weight is 215 g/mol. The number of rotatable bonds is 0. The smallest absolute Gasteiger partial charge is 0.0380 e. The number of benzene rings is 1. The zero-order chi connectivity index (χ0) is 11.3. The van der Waals surface area contributed by atoms with Crippen LogP contribution in [0.5, 0.6) is 0 Å². The van der Waals surface area contributed by atoms with Crippen molar-refractivity contribution < 1.29 is 0 Å². The van der Waals surface area contributed by atoms with Crippen LogP contribution in [-0.4, -0.2) is 6.04 Å². The summed E-state index contributed by atoms with van der Waals surface area (Å²) in [4.78, 5) is 0. The van der Waals surface area contributed by atoms with E-state index >= 15 is 0 Å². The molecular weight excluding hydrogens is 194 g/mol. The number of nitrogens with one attached hydrogen (secondary N) is 1. The molecule has 1 heteroatoms. The Hall–Kier alpha value is -0.980. The second-order valence-electron chi connectivity index (χ2n) is 6.10. The van der Waals surface area contributed by atoms with Crippen molar-refractivity contribution in [2.75, 3.05) is 5.32 Å². The van der Waals surface area contributed by atoms with Crippen LogP contribution in [0, 0.1) is 11.8 Å². The van der Waals surface area contributed by atoms with E-state index in [0.29, 0.717) is 11.5 Å². The molecule has 1 aromatic rings. The van der Waals surface area contributed by atoms with Crippen LogP contribution in [0.1, 0.15) is 39.2 Å². The lowest BCUT2D eigenvalue weighted by Gasteiger charge is -2.44. The fraction of sp³-hybridized carbons (Fsp3) is 0.600. The van der Waals surface area contributed by atoms with E-state index in [1.165, 1.54) is 24.1 Å². The number of anilines is 1. The zero-order valence-electron chi connectivity index (χ0n) is 10.5. The normalized spacial score (nSPS) is 35.1. The molecule has 3 rings (SSSR count). The van der Waals surface area contributed by atoms with Crippen molar-refractivity contribution in [3.63, 3.8) is 0 Å². The van der Waals surface area contributed by atoms with Crippen LogP contribution in [0.3, 0.4) is 0 Å². The molecule has 1 saturated carbocycles. The zero-order valence-corrected chi connectivity index (χ0v) is 10.5. The van der Waals surface area contributed by atoms with Gasteiger partial charge in [0.1, 0.15) is 0 Å². The minimum absolute atomic E-state index is 0.331. The van der Waals surface area contributed by atoms with Gasteiger partial charge in [-0.25, -0.2) is 0 Å². The number of hydrogen-bond donors (Lipinski definition) is 1. The molecule has 16 heavy (non-hydrogen) atoms. The van der Waals surface area contributed by atoms with Crippen molar-refractivity contribution in [3.8, 4) is 0 Å². The molecule has 1 aromatic carbocycles. The molecule has 0 aromatic heterocycles. The Morgan fingerprint density at radius 3 is 2.75 bits per heavy atom. The second-order valence-corrected chi connectivity index (χ2v) is 6.10.